The Morgan fingerprint density at radius 1 is 1.23 bits per heavy atom. The van der Waals surface area contributed by atoms with Crippen molar-refractivity contribution >= 4 is 17.8 Å². The second-order valence-corrected chi connectivity index (χ2v) is 7.11. The molecule has 7 nitrogen and oxygen atoms in total. The molecule has 2 atom stereocenters. The van der Waals surface area contributed by atoms with Gasteiger partial charge < -0.3 is 15.4 Å². The van der Waals surface area contributed by atoms with Gasteiger partial charge in [0.1, 0.15) is 0 Å². The van der Waals surface area contributed by atoms with Gasteiger partial charge in [-0.1, -0.05) is 13.8 Å². The van der Waals surface area contributed by atoms with Crippen LogP contribution in [-0.2, 0) is 14.3 Å². The van der Waals surface area contributed by atoms with Gasteiger partial charge in [-0.3, -0.25) is 19.5 Å². The molecule has 2 unspecified atom stereocenters. The van der Waals surface area contributed by atoms with Gasteiger partial charge in [-0.05, 0) is 32.6 Å². The molecule has 2 fully saturated rings. The molecule has 2 aliphatic rings. The Balaban J connectivity index is 1.86. The molecule has 1 aliphatic carbocycles. The van der Waals surface area contributed by atoms with E-state index >= 15 is 0 Å². The van der Waals surface area contributed by atoms with Crippen molar-refractivity contribution in [1.82, 2.24) is 15.5 Å². The van der Waals surface area contributed by atoms with Crippen LogP contribution in [0.15, 0.2) is 4.99 Å². The summed E-state index contributed by atoms with van der Waals surface area (Å²) in [5.41, 5.74) is 0.131. The van der Waals surface area contributed by atoms with Crippen LogP contribution in [0.3, 0.4) is 0 Å². The third kappa shape index (κ3) is 4.19. The van der Waals surface area contributed by atoms with Crippen molar-refractivity contribution in [3.63, 3.8) is 0 Å². The summed E-state index contributed by atoms with van der Waals surface area (Å²) in [6.07, 6.45) is 4.98. The fourth-order valence-electron chi connectivity index (χ4n) is 4.28. The zero-order valence-electron chi connectivity index (χ0n) is 16.6. The molecule has 148 valence electrons. The summed E-state index contributed by atoms with van der Waals surface area (Å²) in [6, 6.07) is 0.318. The number of carbonyl (C=O) groups excluding carboxylic acids is 2. The van der Waals surface area contributed by atoms with Crippen molar-refractivity contribution in [3.8, 4) is 0 Å². The summed E-state index contributed by atoms with van der Waals surface area (Å²) < 4.78 is 5.92. The molecule has 1 aliphatic heterocycles. The molecule has 0 bridgehead atoms. The van der Waals surface area contributed by atoms with Crippen LogP contribution in [0.1, 0.15) is 59.3 Å². The quantitative estimate of drug-likeness (QED) is 0.388. The number of nitrogens with one attached hydrogen (secondary N) is 2. The first kappa shape index (κ1) is 20.7. The van der Waals surface area contributed by atoms with E-state index in [1.165, 1.54) is 4.90 Å². The highest BCUT2D eigenvalue weighted by molar-refractivity contribution is 5.97. The van der Waals surface area contributed by atoms with E-state index < -0.39 is 0 Å². The summed E-state index contributed by atoms with van der Waals surface area (Å²) in [6.45, 7) is 8.10. The maximum atomic E-state index is 11.9. The topological polar surface area (TPSA) is 83.0 Å². The lowest BCUT2D eigenvalue weighted by molar-refractivity contribution is -0.147. The number of likely N-dealkylation sites (tertiary alicyclic amines) is 1. The monoisotopic (exact) mass is 366 g/mol. The van der Waals surface area contributed by atoms with E-state index in [0.717, 1.165) is 25.9 Å². The van der Waals surface area contributed by atoms with Crippen molar-refractivity contribution in [2.45, 2.75) is 71.4 Å². The summed E-state index contributed by atoms with van der Waals surface area (Å²) in [7, 11) is 1.74. The Morgan fingerprint density at radius 3 is 2.42 bits per heavy atom. The zero-order chi connectivity index (χ0) is 19.2. The average molecular weight is 367 g/mol. The minimum absolute atomic E-state index is 0.0690. The molecule has 0 aromatic heterocycles. The van der Waals surface area contributed by atoms with E-state index in [-0.39, 0.29) is 17.2 Å². The van der Waals surface area contributed by atoms with Gasteiger partial charge in [0.15, 0.2) is 5.96 Å². The van der Waals surface area contributed by atoms with Gasteiger partial charge in [0.2, 0.25) is 11.8 Å². The highest BCUT2D eigenvalue weighted by Crippen LogP contribution is 2.48. The molecule has 2 rings (SSSR count). The number of imide groups is 1. The van der Waals surface area contributed by atoms with Gasteiger partial charge in [0.25, 0.3) is 0 Å². The molecule has 7 heteroatoms. The normalized spacial score (nSPS) is 25.8. The van der Waals surface area contributed by atoms with Crippen LogP contribution in [-0.4, -0.2) is 61.6 Å². The lowest BCUT2D eigenvalue weighted by atomic mass is 9.58. The molecule has 26 heavy (non-hydrogen) atoms. The van der Waals surface area contributed by atoms with E-state index in [4.69, 9.17) is 4.74 Å². The molecular formula is C19H34N4O3. The van der Waals surface area contributed by atoms with Crippen molar-refractivity contribution in [2.75, 3.05) is 26.7 Å². The number of carbonyl (C=O) groups is 2. The first-order chi connectivity index (χ1) is 12.5. The number of piperidine rings is 1. The number of hydrogen-bond donors (Lipinski definition) is 2. The van der Waals surface area contributed by atoms with Crippen LogP contribution in [0.5, 0.6) is 0 Å². The number of hydrogen-bond acceptors (Lipinski definition) is 4. The van der Waals surface area contributed by atoms with Crippen molar-refractivity contribution in [3.05, 3.63) is 0 Å². The maximum Gasteiger partial charge on any atom is 0.229 e. The first-order valence-corrected chi connectivity index (χ1v) is 9.94. The van der Waals surface area contributed by atoms with E-state index in [1.54, 1.807) is 7.05 Å². The first-order valence-electron chi connectivity index (χ1n) is 9.94. The van der Waals surface area contributed by atoms with Crippen molar-refractivity contribution in [1.29, 1.82) is 0 Å². The van der Waals surface area contributed by atoms with Crippen LogP contribution in [0, 0.1) is 5.41 Å². The Kier molecular flexibility index (Phi) is 7.43. The fourth-order valence-corrected chi connectivity index (χ4v) is 4.28. The van der Waals surface area contributed by atoms with Crippen LogP contribution in [0.4, 0.5) is 0 Å². The van der Waals surface area contributed by atoms with Crippen molar-refractivity contribution < 1.29 is 14.3 Å². The summed E-state index contributed by atoms with van der Waals surface area (Å²) in [5.74, 6) is 0.578. The van der Waals surface area contributed by atoms with Crippen LogP contribution in [0.2, 0.25) is 0 Å². The smallest absolute Gasteiger partial charge is 0.229 e. The summed E-state index contributed by atoms with van der Waals surface area (Å²) in [5, 5.41) is 6.76. The van der Waals surface area contributed by atoms with Gasteiger partial charge in [0.05, 0.1) is 6.10 Å². The zero-order valence-corrected chi connectivity index (χ0v) is 16.6. The molecule has 0 spiro atoms. The molecule has 2 amide bonds. The largest absolute Gasteiger partial charge is 0.378 e. The number of amides is 2. The number of ether oxygens (including phenoxy) is 1. The summed E-state index contributed by atoms with van der Waals surface area (Å²) >= 11 is 0. The van der Waals surface area contributed by atoms with E-state index in [2.05, 4.69) is 29.5 Å². The molecule has 0 aromatic carbocycles. The minimum atomic E-state index is -0.0690. The summed E-state index contributed by atoms with van der Waals surface area (Å²) in [4.78, 5) is 29.4. The van der Waals surface area contributed by atoms with E-state index in [1.807, 2.05) is 6.92 Å². The number of aliphatic imine (C=N–C) groups is 1. The lowest BCUT2D eigenvalue weighted by Crippen LogP contribution is -2.65. The second-order valence-electron chi connectivity index (χ2n) is 7.11. The van der Waals surface area contributed by atoms with Crippen LogP contribution >= 0.6 is 0 Å². The Labute approximate surface area is 156 Å². The standard InChI is InChI=1S/C19H34N4O3/c1-5-19(6-2)14(13-15(19)26-7-3)22-18(20-4)21-11-12-23-16(24)9-8-10-17(23)25/h14-15H,5-13H2,1-4H3,(H2,20,21,22). The third-order valence-electron chi connectivity index (χ3n) is 6.02. The molecule has 0 radical (unpaired) electrons. The van der Waals surface area contributed by atoms with Gasteiger partial charge in [-0.2, -0.15) is 0 Å². The second kappa shape index (κ2) is 9.35. The number of rotatable bonds is 8. The van der Waals surface area contributed by atoms with Crippen LogP contribution < -0.4 is 10.6 Å². The predicted octanol–water partition coefficient (Wildman–Crippen LogP) is 1.67. The molecule has 1 heterocycles. The van der Waals surface area contributed by atoms with E-state index in [9.17, 15) is 9.59 Å². The van der Waals surface area contributed by atoms with Gasteiger partial charge in [0, 0.05) is 51.0 Å². The maximum absolute atomic E-state index is 11.9. The van der Waals surface area contributed by atoms with Crippen LogP contribution in [0.25, 0.3) is 0 Å². The Morgan fingerprint density at radius 2 is 1.88 bits per heavy atom. The number of guanidine groups is 1. The fraction of sp³-hybridized carbons (Fsp3) is 0.842. The highest BCUT2D eigenvalue weighted by Gasteiger charge is 2.53. The van der Waals surface area contributed by atoms with E-state index in [0.29, 0.717) is 50.5 Å². The minimum Gasteiger partial charge on any atom is -0.378 e. The SMILES string of the molecule is CCOC1CC(NC(=NC)NCCN2C(=O)CCCC2=O)C1(CC)CC. The molecular weight excluding hydrogens is 332 g/mol. The molecule has 0 aromatic rings. The van der Waals surface area contributed by atoms with Gasteiger partial charge >= 0.3 is 0 Å². The van der Waals surface area contributed by atoms with Gasteiger partial charge in [-0.15, -0.1) is 0 Å². The van der Waals surface area contributed by atoms with Gasteiger partial charge in [-0.25, -0.2) is 0 Å². The third-order valence-corrected chi connectivity index (χ3v) is 6.02. The molecule has 1 saturated heterocycles. The molecule has 2 N–H and O–H groups in total. The predicted molar refractivity (Wildman–Crippen MR) is 102 cm³/mol. The average Bonchev–Trinajstić information content (AvgIpc) is 2.62. The Bertz CT molecular complexity index is 515. The lowest BCUT2D eigenvalue weighted by Gasteiger charge is -2.55. The van der Waals surface area contributed by atoms with Crippen molar-refractivity contribution in [2.24, 2.45) is 10.4 Å². The Hall–Kier alpha value is -1.63. The number of nitrogens with zero attached hydrogens (tertiary/aromatic N) is 2. The highest BCUT2D eigenvalue weighted by atomic mass is 16.5. The molecule has 1 saturated carbocycles.